The number of carbonyl (C=O) groups is 1. The Morgan fingerprint density at radius 3 is 2.62 bits per heavy atom. The number of hydrogen-bond acceptors (Lipinski definition) is 4. The average molecular weight is 283 g/mol. The van der Waals surface area contributed by atoms with Gasteiger partial charge < -0.3 is 10.1 Å². The molecule has 0 saturated heterocycles. The number of nitrogens with zero attached hydrogens (tertiary/aromatic N) is 1. The van der Waals surface area contributed by atoms with Gasteiger partial charge in [-0.05, 0) is 17.7 Å². The van der Waals surface area contributed by atoms with E-state index in [2.05, 4.69) is 15.8 Å². The van der Waals surface area contributed by atoms with E-state index in [9.17, 15) is 4.79 Å². The number of para-hydroxylation sites is 2. The van der Waals surface area contributed by atoms with Crippen molar-refractivity contribution in [3.8, 4) is 5.75 Å². The van der Waals surface area contributed by atoms with Crippen LogP contribution in [0.4, 0.5) is 5.69 Å². The second-order valence-corrected chi connectivity index (χ2v) is 4.26. The lowest BCUT2D eigenvalue weighted by atomic mass is 10.2. The van der Waals surface area contributed by atoms with E-state index in [4.69, 9.17) is 4.74 Å². The van der Waals surface area contributed by atoms with Gasteiger partial charge in [0.15, 0.2) is 0 Å². The maximum Gasteiger partial charge on any atom is 0.259 e. The van der Waals surface area contributed by atoms with Crippen LogP contribution in [-0.2, 0) is 4.79 Å². The Kier molecular flexibility index (Phi) is 5.34. The first-order chi connectivity index (χ1) is 10.3. The summed E-state index contributed by atoms with van der Waals surface area (Å²) in [6, 6.07) is 17.0. The van der Waals surface area contributed by atoms with Gasteiger partial charge in [0.05, 0.1) is 25.6 Å². The first kappa shape index (κ1) is 14.6. The molecule has 0 aromatic heterocycles. The van der Waals surface area contributed by atoms with Crippen LogP contribution in [-0.4, -0.2) is 25.8 Å². The Balaban J connectivity index is 1.81. The summed E-state index contributed by atoms with van der Waals surface area (Å²) in [5, 5.41) is 6.90. The zero-order valence-corrected chi connectivity index (χ0v) is 11.7. The molecular formula is C16H17N3O2. The highest BCUT2D eigenvalue weighted by Gasteiger charge is 2.03. The third-order valence-corrected chi connectivity index (χ3v) is 2.75. The quantitative estimate of drug-likeness (QED) is 0.631. The fourth-order valence-electron chi connectivity index (χ4n) is 1.72. The van der Waals surface area contributed by atoms with Crippen molar-refractivity contribution in [2.75, 3.05) is 19.0 Å². The van der Waals surface area contributed by atoms with Crippen LogP contribution in [0, 0.1) is 0 Å². The van der Waals surface area contributed by atoms with E-state index in [-0.39, 0.29) is 12.5 Å². The maximum atomic E-state index is 11.7. The van der Waals surface area contributed by atoms with Crippen molar-refractivity contribution in [1.82, 2.24) is 5.43 Å². The molecule has 0 heterocycles. The molecule has 0 radical (unpaired) electrons. The van der Waals surface area contributed by atoms with Crippen molar-refractivity contribution in [1.29, 1.82) is 0 Å². The molecule has 21 heavy (non-hydrogen) atoms. The number of anilines is 1. The average Bonchev–Trinajstić information content (AvgIpc) is 2.54. The van der Waals surface area contributed by atoms with E-state index in [1.807, 2.05) is 54.6 Å². The monoisotopic (exact) mass is 283 g/mol. The second-order valence-electron chi connectivity index (χ2n) is 4.26. The van der Waals surface area contributed by atoms with E-state index in [1.54, 1.807) is 13.3 Å². The van der Waals surface area contributed by atoms with Gasteiger partial charge in [0, 0.05) is 0 Å². The molecule has 0 unspecified atom stereocenters. The highest BCUT2D eigenvalue weighted by Crippen LogP contribution is 2.22. The van der Waals surface area contributed by atoms with Gasteiger partial charge in [0.25, 0.3) is 5.91 Å². The summed E-state index contributed by atoms with van der Waals surface area (Å²) in [4.78, 5) is 11.7. The fourth-order valence-corrected chi connectivity index (χ4v) is 1.72. The van der Waals surface area contributed by atoms with Crippen molar-refractivity contribution in [3.05, 3.63) is 60.2 Å². The Labute approximate surface area is 123 Å². The van der Waals surface area contributed by atoms with E-state index in [0.29, 0.717) is 5.75 Å². The van der Waals surface area contributed by atoms with Crippen LogP contribution >= 0.6 is 0 Å². The van der Waals surface area contributed by atoms with Crippen molar-refractivity contribution in [3.63, 3.8) is 0 Å². The smallest absolute Gasteiger partial charge is 0.259 e. The summed E-state index contributed by atoms with van der Waals surface area (Å²) in [7, 11) is 1.59. The van der Waals surface area contributed by atoms with Crippen molar-refractivity contribution < 1.29 is 9.53 Å². The first-order valence-corrected chi connectivity index (χ1v) is 6.53. The second kappa shape index (κ2) is 7.69. The molecule has 0 saturated carbocycles. The number of hydrazone groups is 1. The lowest BCUT2D eigenvalue weighted by Gasteiger charge is -2.09. The van der Waals surface area contributed by atoms with Gasteiger partial charge in [-0.15, -0.1) is 0 Å². The van der Waals surface area contributed by atoms with Crippen LogP contribution in [0.15, 0.2) is 59.7 Å². The summed E-state index contributed by atoms with van der Waals surface area (Å²) < 4.78 is 5.19. The van der Waals surface area contributed by atoms with Crippen LogP contribution in [0.3, 0.4) is 0 Å². The Hall–Kier alpha value is -2.82. The molecule has 2 aromatic rings. The van der Waals surface area contributed by atoms with Gasteiger partial charge in [-0.1, -0.05) is 42.5 Å². The van der Waals surface area contributed by atoms with Crippen LogP contribution in [0.25, 0.3) is 0 Å². The van der Waals surface area contributed by atoms with Gasteiger partial charge in [0.2, 0.25) is 0 Å². The number of hydrogen-bond donors (Lipinski definition) is 2. The van der Waals surface area contributed by atoms with E-state index >= 15 is 0 Å². The molecule has 0 aliphatic rings. The summed E-state index contributed by atoms with van der Waals surface area (Å²) in [6.07, 6.45) is 1.60. The molecule has 0 atom stereocenters. The predicted molar refractivity (Wildman–Crippen MR) is 83.7 cm³/mol. The molecular weight excluding hydrogens is 266 g/mol. The van der Waals surface area contributed by atoms with Gasteiger partial charge in [0.1, 0.15) is 5.75 Å². The van der Waals surface area contributed by atoms with Crippen LogP contribution in [0.1, 0.15) is 5.56 Å². The Morgan fingerprint density at radius 1 is 1.14 bits per heavy atom. The summed E-state index contributed by atoms with van der Waals surface area (Å²) in [5.74, 6) is 0.464. The van der Waals surface area contributed by atoms with Gasteiger partial charge >= 0.3 is 0 Å². The van der Waals surface area contributed by atoms with Crippen molar-refractivity contribution >= 4 is 17.8 Å². The highest BCUT2D eigenvalue weighted by atomic mass is 16.5. The minimum atomic E-state index is -0.229. The largest absolute Gasteiger partial charge is 0.495 e. The molecule has 0 bridgehead atoms. The number of carbonyl (C=O) groups excluding carboxylic acids is 1. The van der Waals surface area contributed by atoms with Crippen molar-refractivity contribution in [2.45, 2.75) is 0 Å². The maximum absolute atomic E-state index is 11.7. The zero-order valence-electron chi connectivity index (χ0n) is 11.7. The van der Waals surface area contributed by atoms with Crippen LogP contribution < -0.4 is 15.5 Å². The molecule has 0 fully saturated rings. The van der Waals surface area contributed by atoms with E-state index < -0.39 is 0 Å². The summed E-state index contributed by atoms with van der Waals surface area (Å²) >= 11 is 0. The fraction of sp³-hybridized carbons (Fsp3) is 0.125. The molecule has 108 valence electrons. The molecule has 0 aliphatic heterocycles. The number of benzene rings is 2. The Morgan fingerprint density at radius 2 is 1.86 bits per heavy atom. The standard InChI is InChI=1S/C16H17N3O2/c1-21-15-10-6-5-9-14(15)17-12-16(20)19-18-11-13-7-3-2-4-8-13/h2-11,17H,12H2,1H3,(H,19,20)/b18-11-. The normalized spacial score (nSPS) is 10.3. The molecule has 2 aromatic carbocycles. The molecule has 2 N–H and O–H groups in total. The minimum Gasteiger partial charge on any atom is -0.495 e. The third kappa shape index (κ3) is 4.65. The first-order valence-electron chi connectivity index (χ1n) is 6.53. The number of ether oxygens (including phenoxy) is 1. The molecule has 0 aliphatic carbocycles. The van der Waals surface area contributed by atoms with Crippen LogP contribution in [0.2, 0.25) is 0 Å². The number of amides is 1. The molecule has 1 amide bonds. The number of nitrogens with one attached hydrogen (secondary N) is 2. The molecule has 2 rings (SSSR count). The zero-order chi connectivity index (χ0) is 14.9. The lowest BCUT2D eigenvalue weighted by molar-refractivity contribution is -0.119. The predicted octanol–water partition coefficient (Wildman–Crippen LogP) is 2.26. The molecule has 5 heteroatoms. The number of rotatable bonds is 6. The van der Waals surface area contributed by atoms with Gasteiger partial charge in [-0.25, -0.2) is 5.43 Å². The number of methoxy groups -OCH3 is 1. The highest BCUT2D eigenvalue weighted by molar-refractivity contribution is 5.84. The van der Waals surface area contributed by atoms with Crippen LogP contribution in [0.5, 0.6) is 5.75 Å². The lowest BCUT2D eigenvalue weighted by Crippen LogP contribution is -2.26. The summed E-state index contributed by atoms with van der Waals surface area (Å²) in [5.41, 5.74) is 4.16. The molecule has 5 nitrogen and oxygen atoms in total. The SMILES string of the molecule is COc1ccccc1NCC(=O)N/N=C\c1ccccc1. The van der Waals surface area contributed by atoms with Gasteiger partial charge in [-0.2, -0.15) is 5.10 Å². The van der Waals surface area contributed by atoms with E-state index in [1.165, 1.54) is 0 Å². The third-order valence-electron chi connectivity index (χ3n) is 2.75. The van der Waals surface area contributed by atoms with Crippen molar-refractivity contribution in [2.24, 2.45) is 5.10 Å². The molecule has 0 spiro atoms. The summed E-state index contributed by atoms with van der Waals surface area (Å²) in [6.45, 7) is 0.118. The van der Waals surface area contributed by atoms with E-state index in [0.717, 1.165) is 11.3 Å². The Bertz CT molecular complexity index is 612. The van der Waals surface area contributed by atoms with Gasteiger partial charge in [-0.3, -0.25) is 4.79 Å². The minimum absolute atomic E-state index is 0.118. The topological polar surface area (TPSA) is 62.7 Å².